The normalized spacial score (nSPS) is 14.7. The maximum atomic E-state index is 13.2. The van der Waals surface area contributed by atoms with E-state index in [-0.39, 0.29) is 24.8 Å². The molecule has 0 radical (unpaired) electrons. The number of aromatic amines is 1. The van der Waals surface area contributed by atoms with Crippen LogP contribution < -0.4 is 0 Å². The summed E-state index contributed by atoms with van der Waals surface area (Å²) < 4.78 is 5.87. The van der Waals surface area contributed by atoms with Gasteiger partial charge in [0.05, 0.1) is 23.0 Å². The molecular weight excluding hydrogens is 534 g/mol. The van der Waals surface area contributed by atoms with Crippen LogP contribution in [0.2, 0.25) is 0 Å². The second-order valence-corrected chi connectivity index (χ2v) is 10.2. The number of nitrogens with zero attached hydrogens (tertiary/aromatic N) is 4. The van der Waals surface area contributed by atoms with E-state index in [1.807, 2.05) is 12.1 Å². The molecule has 1 amide bonds. The number of halogens is 1. The van der Waals surface area contributed by atoms with Gasteiger partial charge in [0.25, 0.3) is 5.91 Å². The van der Waals surface area contributed by atoms with E-state index in [1.165, 1.54) is 11.1 Å². The number of nitrogens with one attached hydrogen (secondary N) is 1. The summed E-state index contributed by atoms with van der Waals surface area (Å²) in [7, 11) is 0. The summed E-state index contributed by atoms with van der Waals surface area (Å²) in [5.41, 5.74) is 2.62. The summed E-state index contributed by atoms with van der Waals surface area (Å²) in [4.78, 5) is 37.8. The van der Waals surface area contributed by atoms with Gasteiger partial charge >= 0.3 is 5.97 Å². The molecule has 1 fully saturated rings. The fraction of sp³-hybridized carbons (Fsp3) is 0.375. The quantitative estimate of drug-likeness (QED) is 0.250. The molecule has 4 rings (SSSR count). The Morgan fingerprint density at radius 1 is 1.23 bits per heavy atom. The smallest absolute Gasteiger partial charge is 0.347 e. The molecular formula is C24H26BrN5O4S. The van der Waals surface area contributed by atoms with Crippen molar-refractivity contribution in [3.8, 4) is 11.3 Å². The Labute approximate surface area is 215 Å². The summed E-state index contributed by atoms with van der Waals surface area (Å²) in [6.45, 7) is 4.82. The van der Waals surface area contributed by atoms with E-state index in [4.69, 9.17) is 14.6 Å². The predicted octanol–water partition coefficient (Wildman–Crippen LogP) is 4.29. The predicted molar refractivity (Wildman–Crippen MR) is 136 cm³/mol. The Kier molecular flexibility index (Phi) is 8.29. The molecule has 2 aromatic heterocycles. The summed E-state index contributed by atoms with van der Waals surface area (Å²) in [6, 6.07) is 9.81. The van der Waals surface area contributed by atoms with Gasteiger partial charge in [-0.15, -0.1) is 11.3 Å². The van der Waals surface area contributed by atoms with Gasteiger partial charge in [0, 0.05) is 40.1 Å². The van der Waals surface area contributed by atoms with E-state index in [2.05, 4.69) is 50.3 Å². The topological polar surface area (TPSA) is 110 Å². The van der Waals surface area contributed by atoms with Gasteiger partial charge in [-0.3, -0.25) is 9.89 Å². The standard InChI is InChI=1S/C24H26BrN5O4S/c1-3-33-20(31)14-34-29-22(19-8-11-26-28-19)24(32)30-12-9-17(10-13-30)23-27-21(15(2)35-23)16-4-6-18(25)7-5-16/h4-8,11,17H,3,9-10,12-14H2,1-2H3,(H,26,28). The summed E-state index contributed by atoms with van der Waals surface area (Å²) >= 11 is 5.20. The van der Waals surface area contributed by atoms with Crippen molar-refractivity contribution in [1.29, 1.82) is 0 Å². The number of hydrogen-bond donors (Lipinski definition) is 1. The molecule has 3 aromatic rings. The van der Waals surface area contributed by atoms with Crippen LogP contribution in [0.1, 0.15) is 41.3 Å². The number of oxime groups is 1. The maximum Gasteiger partial charge on any atom is 0.347 e. The molecule has 0 saturated carbocycles. The Hall–Kier alpha value is -3.05. The molecule has 1 N–H and O–H groups in total. The van der Waals surface area contributed by atoms with Gasteiger partial charge in [-0.05, 0) is 44.9 Å². The molecule has 0 aliphatic carbocycles. The minimum Gasteiger partial charge on any atom is -0.463 e. The molecule has 0 spiro atoms. The molecule has 184 valence electrons. The number of amides is 1. The second kappa shape index (κ2) is 11.6. The van der Waals surface area contributed by atoms with E-state index < -0.39 is 5.97 Å². The third-order valence-electron chi connectivity index (χ3n) is 5.66. The van der Waals surface area contributed by atoms with Crippen LogP contribution in [0.3, 0.4) is 0 Å². The average Bonchev–Trinajstić information content (AvgIpc) is 3.52. The van der Waals surface area contributed by atoms with Crippen molar-refractivity contribution in [3.63, 3.8) is 0 Å². The van der Waals surface area contributed by atoms with E-state index >= 15 is 0 Å². The number of H-pyrrole nitrogens is 1. The number of carbonyl (C=O) groups excluding carboxylic acids is 2. The van der Waals surface area contributed by atoms with Crippen LogP contribution in [-0.2, 0) is 19.2 Å². The average molecular weight is 560 g/mol. The van der Waals surface area contributed by atoms with E-state index in [0.717, 1.165) is 33.6 Å². The number of benzene rings is 1. The number of thiazole rings is 1. The summed E-state index contributed by atoms with van der Waals surface area (Å²) in [5, 5.41) is 11.7. The molecule has 9 nitrogen and oxygen atoms in total. The van der Waals surface area contributed by atoms with Gasteiger partial charge in [-0.25, -0.2) is 9.78 Å². The first-order valence-corrected chi connectivity index (χ1v) is 12.9. The maximum absolute atomic E-state index is 13.2. The Balaban J connectivity index is 1.41. The van der Waals surface area contributed by atoms with E-state index in [1.54, 1.807) is 29.2 Å². The zero-order valence-electron chi connectivity index (χ0n) is 19.5. The zero-order valence-corrected chi connectivity index (χ0v) is 21.9. The molecule has 1 saturated heterocycles. The molecule has 11 heteroatoms. The van der Waals surface area contributed by atoms with Crippen molar-refractivity contribution in [2.24, 2.45) is 5.16 Å². The van der Waals surface area contributed by atoms with Gasteiger partial charge < -0.3 is 14.5 Å². The van der Waals surface area contributed by atoms with Gasteiger partial charge in [0.1, 0.15) is 0 Å². The number of esters is 1. The SMILES string of the molecule is CCOC(=O)CON=C(C(=O)N1CCC(c2nc(-c3ccc(Br)cc3)c(C)s2)CC1)c1ccn[nH]1. The molecule has 1 aliphatic heterocycles. The first kappa shape index (κ1) is 25.1. The molecule has 35 heavy (non-hydrogen) atoms. The van der Waals surface area contributed by atoms with Gasteiger partial charge in [-0.2, -0.15) is 5.10 Å². The highest BCUT2D eigenvalue weighted by Crippen LogP contribution is 2.36. The summed E-state index contributed by atoms with van der Waals surface area (Å²) in [5.74, 6) is -0.531. The number of aromatic nitrogens is 3. The highest BCUT2D eigenvalue weighted by atomic mass is 79.9. The highest BCUT2D eigenvalue weighted by Gasteiger charge is 2.30. The van der Waals surface area contributed by atoms with Crippen molar-refractivity contribution in [2.45, 2.75) is 32.6 Å². The number of aryl methyl sites for hydroxylation is 1. The third-order valence-corrected chi connectivity index (χ3v) is 7.33. The fourth-order valence-corrected chi connectivity index (χ4v) is 5.27. The van der Waals surface area contributed by atoms with Crippen molar-refractivity contribution in [1.82, 2.24) is 20.1 Å². The monoisotopic (exact) mass is 559 g/mol. The number of ether oxygens (including phenoxy) is 1. The lowest BCUT2D eigenvalue weighted by Crippen LogP contribution is -2.42. The van der Waals surface area contributed by atoms with Crippen LogP contribution in [0.5, 0.6) is 0 Å². The first-order valence-electron chi connectivity index (χ1n) is 11.3. The zero-order chi connectivity index (χ0) is 24.8. The number of hydrogen-bond acceptors (Lipinski definition) is 8. The molecule has 0 atom stereocenters. The number of likely N-dealkylation sites (tertiary alicyclic amines) is 1. The van der Waals surface area contributed by atoms with Crippen LogP contribution in [0.15, 0.2) is 46.2 Å². The van der Waals surface area contributed by atoms with Gasteiger partial charge in [0.2, 0.25) is 6.61 Å². The Morgan fingerprint density at radius 2 is 1.97 bits per heavy atom. The Morgan fingerprint density at radius 3 is 2.63 bits per heavy atom. The minimum absolute atomic E-state index is 0.0767. The van der Waals surface area contributed by atoms with Crippen LogP contribution in [-0.4, -0.2) is 64.0 Å². The van der Waals surface area contributed by atoms with Gasteiger partial charge in [-0.1, -0.05) is 33.2 Å². The third kappa shape index (κ3) is 6.15. The second-order valence-electron chi connectivity index (χ2n) is 8.02. The van der Waals surface area contributed by atoms with Crippen LogP contribution >= 0.6 is 27.3 Å². The molecule has 3 heterocycles. The number of rotatable bonds is 8. The number of piperidine rings is 1. The highest BCUT2D eigenvalue weighted by molar-refractivity contribution is 9.10. The van der Waals surface area contributed by atoms with Crippen molar-refractivity contribution in [2.75, 3.05) is 26.3 Å². The molecule has 0 bridgehead atoms. The van der Waals surface area contributed by atoms with Gasteiger partial charge in [0.15, 0.2) is 5.71 Å². The lowest BCUT2D eigenvalue weighted by atomic mass is 9.97. The number of carbonyl (C=O) groups is 2. The molecule has 1 aliphatic rings. The van der Waals surface area contributed by atoms with Crippen LogP contribution in [0.4, 0.5) is 0 Å². The minimum atomic E-state index is -0.547. The van der Waals surface area contributed by atoms with Crippen molar-refractivity contribution >= 4 is 44.9 Å². The fourth-order valence-electron chi connectivity index (χ4n) is 3.89. The van der Waals surface area contributed by atoms with E-state index in [9.17, 15) is 9.59 Å². The largest absolute Gasteiger partial charge is 0.463 e. The molecule has 0 unspecified atom stereocenters. The van der Waals surface area contributed by atoms with Crippen LogP contribution in [0, 0.1) is 6.92 Å². The van der Waals surface area contributed by atoms with E-state index in [0.29, 0.717) is 24.7 Å². The Bertz CT molecular complexity index is 1190. The first-order chi connectivity index (χ1) is 17.0. The lowest BCUT2D eigenvalue weighted by Gasteiger charge is -2.31. The molecule has 1 aromatic carbocycles. The van der Waals surface area contributed by atoms with Crippen molar-refractivity contribution < 1.29 is 19.2 Å². The summed E-state index contributed by atoms with van der Waals surface area (Å²) in [6.07, 6.45) is 3.14. The van der Waals surface area contributed by atoms with Crippen molar-refractivity contribution in [3.05, 3.63) is 56.6 Å². The van der Waals surface area contributed by atoms with Crippen LogP contribution in [0.25, 0.3) is 11.3 Å². The lowest BCUT2D eigenvalue weighted by molar-refractivity contribution is -0.148.